The predicted molar refractivity (Wildman–Crippen MR) is 84.1 cm³/mol. The number of fused-ring (bicyclic) bond motifs is 1. The molecule has 2 rings (SSSR count). The van der Waals surface area contributed by atoms with Crippen LogP contribution < -0.4 is 10.1 Å². The highest BCUT2D eigenvalue weighted by Gasteiger charge is 2.24. The van der Waals surface area contributed by atoms with Crippen LogP contribution in [-0.4, -0.2) is 39.7 Å². The Morgan fingerprint density at radius 2 is 2.23 bits per heavy atom. The quantitative estimate of drug-likeness (QED) is 0.854. The highest BCUT2D eigenvalue weighted by Crippen LogP contribution is 2.16. The van der Waals surface area contributed by atoms with Gasteiger partial charge in [-0.05, 0) is 18.4 Å². The number of rotatable bonds is 6. The number of pyridine rings is 1. The van der Waals surface area contributed by atoms with E-state index >= 15 is 0 Å². The highest BCUT2D eigenvalue weighted by atomic mass is 16.5. The van der Waals surface area contributed by atoms with Crippen LogP contribution in [0.25, 0.3) is 5.65 Å². The summed E-state index contributed by atoms with van der Waals surface area (Å²) in [5, 5.41) is 13.1. The molecule has 2 aromatic rings. The summed E-state index contributed by atoms with van der Waals surface area (Å²) >= 11 is 0. The molecule has 0 saturated heterocycles. The summed E-state index contributed by atoms with van der Waals surface area (Å²) in [5.41, 5.74) is 1.08. The Bertz CT molecular complexity index is 651. The SMILES string of the molecule is CCC(NC(=O)c1cnc2cc(OC)ccn12)C(O)C(C)C. The van der Waals surface area contributed by atoms with Gasteiger partial charge in [-0.15, -0.1) is 0 Å². The molecular formula is C16H23N3O3. The molecule has 2 unspecified atom stereocenters. The van der Waals surface area contributed by atoms with E-state index in [1.807, 2.05) is 20.8 Å². The summed E-state index contributed by atoms with van der Waals surface area (Å²) in [4.78, 5) is 16.7. The van der Waals surface area contributed by atoms with Crippen molar-refractivity contribution in [1.82, 2.24) is 14.7 Å². The first-order chi connectivity index (χ1) is 10.5. The molecule has 0 aliphatic rings. The fraction of sp³-hybridized carbons (Fsp3) is 0.500. The zero-order valence-electron chi connectivity index (χ0n) is 13.4. The molecule has 0 saturated carbocycles. The zero-order valence-corrected chi connectivity index (χ0v) is 13.4. The smallest absolute Gasteiger partial charge is 0.270 e. The maximum absolute atomic E-state index is 12.5. The number of ether oxygens (including phenoxy) is 1. The van der Waals surface area contributed by atoms with E-state index < -0.39 is 6.10 Å². The Morgan fingerprint density at radius 1 is 1.50 bits per heavy atom. The summed E-state index contributed by atoms with van der Waals surface area (Å²) in [6.45, 7) is 5.80. The molecule has 6 heteroatoms. The lowest BCUT2D eigenvalue weighted by Gasteiger charge is -2.25. The van der Waals surface area contributed by atoms with Crippen molar-refractivity contribution in [1.29, 1.82) is 0 Å². The molecule has 0 fully saturated rings. The second-order valence-corrected chi connectivity index (χ2v) is 5.66. The molecule has 2 atom stereocenters. The number of aromatic nitrogens is 2. The Kier molecular flexibility index (Phi) is 5.03. The molecule has 2 N–H and O–H groups in total. The van der Waals surface area contributed by atoms with Gasteiger partial charge in [-0.1, -0.05) is 20.8 Å². The van der Waals surface area contributed by atoms with Gasteiger partial charge in [0.2, 0.25) is 0 Å². The Morgan fingerprint density at radius 3 is 2.82 bits per heavy atom. The number of carbonyl (C=O) groups excluding carboxylic acids is 1. The maximum Gasteiger partial charge on any atom is 0.270 e. The minimum atomic E-state index is -0.576. The van der Waals surface area contributed by atoms with Gasteiger partial charge in [-0.3, -0.25) is 9.20 Å². The molecule has 0 aliphatic carbocycles. The van der Waals surface area contributed by atoms with Crippen molar-refractivity contribution in [2.24, 2.45) is 5.92 Å². The van der Waals surface area contributed by atoms with E-state index in [1.54, 1.807) is 29.8 Å². The number of carbonyl (C=O) groups is 1. The van der Waals surface area contributed by atoms with Crippen molar-refractivity contribution >= 4 is 11.6 Å². The first kappa shape index (κ1) is 16.3. The first-order valence-corrected chi connectivity index (χ1v) is 7.48. The molecule has 0 spiro atoms. The molecule has 2 aromatic heterocycles. The van der Waals surface area contributed by atoms with Crippen LogP contribution in [0.3, 0.4) is 0 Å². The average molecular weight is 305 g/mol. The molecular weight excluding hydrogens is 282 g/mol. The number of hydrogen-bond donors (Lipinski definition) is 2. The topological polar surface area (TPSA) is 75.9 Å². The van der Waals surface area contributed by atoms with Crippen molar-refractivity contribution in [2.45, 2.75) is 39.3 Å². The number of amides is 1. The first-order valence-electron chi connectivity index (χ1n) is 7.48. The van der Waals surface area contributed by atoms with E-state index in [0.717, 1.165) is 0 Å². The van der Waals surface area contributed by atoms with Gasteiger partial charge in [0.15, 0.2) is 0 Å². The van der Waals surface area contributed by atoms with Crippen LogP contribution >= 0.6 is 0 Å². The fourth-order valence-electron chi connectivity index (χ4n) is 2.39. The third-order valence-corrected chi connectivity index (χ3v) is 3.80. The number of aliphatic hydroxyl groups is 1. The average Bonchev–Trinajstić information content (AvgIpc) is 2.94. The molecule has 120 valence electrons. The normalized spacial score (nSPS) is 14.1. The third-order valence-electron chi connectivity index (χ3n) is 3.80. The molecule has 1 amide bonds. The van der Waals surface area contributed by atoms with Gasteiger partial charge in [0, 0.05) is 12.3 Å². The minimum Gasteiger partial charge on any atom is -0.497 e. The van der Waals surface area contributed by atoms with Gasteiger partial charge in [-0.25, -0.2) is 4.98 Å². The number of nitrogens with one attached hydrogen (secondary N) is 1. The third kappa shape index (κ3) is 3.22. The number of imidazole rings is 1. The van der Waals surface area contributed by atoms with E-state index in [2.05, 4.69) is 10.3 Å². The zero-order chi connectivity index (χ0) is 16.3. The van der Waals surface area contributed by atoms with Crippen LogP contribution in [0.1, 0.15) is 37.7 Å². The van der Waals surface area contributed by atoms with E-state index in [-0.39, 0.29) is 17.9 Å². The number of methoxy groups -OCH3 is 1. The van der Waals surface area contributed by atoms with Crippen molar-refractivity contribution in [2.75, 3.05) is 7.11 Å². The van der Waals surface area contributed by atoms with E-state index in [0.29, 0.717) is 23.5 Å². The lowest BCUT2D eigenvalue weighted by Crippen LogP contribution is -2.45. The maximum atomic E-state index is 12.5. The predicted octanol–water partition coefficient (Wildman–Crippen LogP) is 1.87. The van der Waals surface area contributed by atoms with Crippen LogP contribution in [0.2, 0.25) is 0 Å². The van der Waals surface area contributed by atoms with Gasteiger partial charge in [0.1, 0.15) is 17.1 Å². The van der Waals surface area contributed by atoms with Gasteiger partial charge in [-0.2, -0.15) is 0 Å². The molecule has 6 nitrogen and oxygen atoms in total. The molecule has 0 aromatic carbocycles. The summed E-state index contributed by atoms with van der Waals surface area (Å²) in [6.07, 6.45) is 3.36. The summed E-state index contributed by atoms with van der Waals surface area (Å²) in [6, 6.07) is 3.25. The number of aliphatic hydroxyl groups excluding tert-OH is 1. The van der Waals surface area contributed by atoms with Gasteiger partial charge in [0.25, 0.3) is 5.91 Å². The van der Waals surface area contributed by atoms with Crippen molar-refractivity contribution in [3.05, 3.63) is 30.2 Å². The molecule has 22 heavy (non-hydrogen) atoms. The van der Waals surface area contributed by atoms with Crippen molar-refractivity contribution < 1.29 is 14.6 Å². The molecule has 0 radical (unpaired) electrons. The van der Waals surface area contributed by atoms with Crippen LogP contribution in [0.5, 0.6) is 5.75 Å². The van der Waals surface area contributed by atoms with E-state index in [4.69, 9.17) is 4.74 Å². The minimum absolute atomic E-state index is 0.0803. The van der Waals surface area contributed by atoms with Crippen LogP contribution in [0, 0.1) is 5.92 Å². The second kappa shape index (κ2) is 6.79. The Balaban J connectivity index is 2.22. The Hall–Kier alpha value is -2.08. The summed E-state index contributed by atoms with van der Waals surface area (Å²) in [5.74, 6) is 0.521. The Labute approximate surface area is 130 Å². The molecule has 0 aliphatic heterocycles. The standard InChI is InChI=1S/C16H23N3O3/c1-5-12(15(20)10(2)3)18-16(21)13-9-17-14-8-11(22-4)6-7-19(13)14/h6-10,12,15,20H,5H2,1-4H3,(H,18,21). The highest BCUT2D eigenvalue weighted by molar-refractivity contribution is 5.93. The van der Waals surface area contributed by atoms with E-state index in [1.165, 1.54) is 6.20 Å². The number of hydrogen-bond acceptors (Lipinski definition) is 4. The van der Waals surface area contributed by atoms with Crippen LogP contribution in [-0.2, 0) is 0 Å². The van der Waals surface area contributed by atoms with Gasteiger partial charge in [0.05, 0.1) is 25.5 Å². The van der Waals surface area contributed by atoms with Gasteiger partial charge < -0.3 is 15.2 Å². The van der Waals surface area contributed by atoms with Crippen LogP contribution in [0.15, 0.2) is 24.5 Å². The van der Waals surface area contributed by atoms with Gasteiger partial charge >= 0.3 is 0 Å². The van der Waals surface area contributed by atoms with E-state index in [9.17, 15) is 9.90 Å². The molecule has 2 heterocycles. The van der Waals surface area contributed by atoms with Crippen LogP contribution in [0.4, 0.5) is 0 Å². The van der Waals surface area contributed by atoms with Crippen molar-refractivity contribution in [3.8, 4) is 5.75 Å². The molecule has 0 bridgehead atoms. The lowest BCUT2D eigenvalue weighted by molar-refractivity contribution is 0.0674. The fourth-order valence-corrected chi connectivity index (χ4v) is 2.39. The summed E-state index contributed by atoms with van der Waals surface area (Å²) < 4.78 is 6.85. The largest absolute Gasteiger partial charge is 0.497 e. The monoisotopic (exact) mass is 305 g/mol. The number of nitrogens with zero attached hydrogens (tertiary/aromatic N) is 2. The lowest BCUT2D eigenvalue weighted by atomic mass is 9.98. The van der Waals surface area contributed by atoms with Crippen molar-refractivity contribution in [3.63, 3.8) is 0 Å². The summed E-state index contributed by atoms with van der Waals surface area (Å²) in [7, 11) is 1.58. The second-order valence-electron chi connectivity index (χ2n) is 5.66.